The van der Waals surface area contributed by atoms with E-state index in [0.717, 1.165) is 38.4 Å². The van der Waals surface area contributed by atoms with E-state index < -0.39 is 0 Å². The zero-order chi connectivity index (χ0) is 19.6. The topological polar surface area (TPSA) is 70.7 Å². The molecular weight excluding hydrogens is 360 g/mol. The second-order valence-electron chi connectivity index (χ2n) is 6.98. The molecule has 0 aliphatic carbocycles. The maximum Gasteiger partial charge on any atom is 0.230 e. The maximum atomic E-state index is 12.6. The van der Waals surface area contributed by atoms with Crippen LogP contribution in [0.2, 0.25) is 0 Å². The molecule has 2 aromatic heterocycles. The standard InChI is InChI=1S/C24H18N4O/c29-23(13-16-7-8-17-4-1-2-5-18(17)12-16)26-24-21-14-19(9-10-22(21)27-28-24)20-6-3-11-25-15-20/h1-12,14-15H,13H2,(H2,26,27,28,29). The molecule has 0 aliphatic rings. The van der Waals surface area contributed by atoms with Gasteiger partial charge in [-0.2, -0.15) is 5.10 Å². The Labute approximate surface area is 167 Å². The lowest BCUT2D eigenvalue weighted by Gasteiger charge is -2.06. The number of carbonyl (C=O) groups excluding carboxylic acids is 1. The molecule has 0 atom stereocenters. The molecule has 5 aromatic rings. The zero-order valence-corrected chi connectivity index (χ0v) is 15.6. The summed E-state index contributed by atoms with van der Waals surface area (Å²) in [4.78, 5) is 16.8. The third-order valence-electron chi connectivity index (χ3n) is 4.99. The van der Waals surface area contributed by atoms with Gasteiger partial charge in [-0.1, -0.05) is 54.6 Å². The number of hydrogen-bond donors (Lipinski definition) is 2. The first-order valence-electron chi connectivity index (χ1n) is 9.42. The SMILES string of the molecule is O=C(Cc1ccc2ccccc2c1)Nc1n[nH]c2ccc(-c3cccnc3)cc12. The summed E-state index contributed by atoms with van der Waals surface area (Å²) in [5.41, 5.74) is 3.89. The zero-order valence-electron chi connectivity index (χ0n) is 15.6. The van der Waals surface area contributed by atoms with Crippen LogP contribution in [0.15, 0.2) is 85.2 Å². The second-order valence-corrected chi connectivity index (χ2v) is 6.98. The van der Waals surface area contributed by atoms with Crippen molar-refractivity contribution in [2.75, 3.05) is 5.32 Å². The Morgan fingerprint density at radius 1 is 0.897 bits per heavy atom. The summed E-state index contributed by atoms with van der Waals surface area (Å²) in [5.74, 6) is 0.442. The third kappa shape index (κ3) is 3.46. The quantitative estimate of drug-likeness (QED) is 0.464. The van der Waals surface area contributed by atoms with Gasteiger partial charge in [0.25, 0.3) is 0 Å². The summed E-state index contributed by atoms with van der Waals surface area (Å²) in [6.45, 7) is 0. The van der Waals surface area contributed by atoms with E-state index in [1.54, 1.807) is 6.20 Å². The van der Waals surface area contributed by atoms with E-state index in [1.807, 2.05) is 60.8 Å². The van der Waals surface area contributed by atoms with Crippen LogP contribution in [0.1, 0.15) is 5.56 Å². The summed E-state index contributed by atoms with van der Waals surface area (Å²) in [6, 6.07) is 24.1. The first-order chi connectivity index (χ1) is 14.3. The molecule has 0 saturated carbocycles. The van der Waals surface area contributed by atoms with Crippen LogP contribution < -0.4 is 5.32 Å². The van der Waals surface area contributed by atoms with Crippen LogP contribution in [0.3, 0.4) is 0 Å². The average Bonchev–Trinajstić information content (AvgIpc) is 3.16. The fourth-order valence-corrected chi connectivity index (χ4v) is 3.53. The van der Waals surface area contributed by atoms with Gasteiger partial charge in [0.2, 0.25) is 5.91 Å². The molecule has 0 aliphatic heterocycles. The molecule has 0 bridgehead atoms. The molecule has 0 unspecified atom stereocenters. The Balaban J connectivity index is 1.39. The lowest BCUT2D eigenvalue weighted by atomic mass is 10.0. The summed E-state index contributed by atoms with van der Waals surface area (Å²) in [5, 5.41) is 13.4. The Kier molecular flexibility index (Phi) is 4.26. The highest BCUT2D eigenvalue weighted by molar-refractivity contribution is 6.01. The third-order valence-corrected chi connectivity index (χ3v) is 4.99. The maximum absolute atomic E-state index is 12.6. The molecular formula is C24H18N4O. The highest BCUT2D eigenvalue weighted by Crippen LogP contribution is 2.27. The van der Waals surface area contributed by atoms with Crippen LogP contribution in [-0.4, -0.2) is 21.1 Å². The molecule has 2 N–H and O–H groups in total. The monoisotopic (exact) mass is 378 g/mol. The van der Waals surface area contributed by atoms with Gasteiger partial charge in [-0.3, -0.25) is 14.9 Å². The van der Waals surface area contributed by atoms with E-state index >= 15 is 0 Å². The summed E-state index contributed by atoms with van der Waals surface area (Å²) >= 11 is 0. The van der Waals surface area contributed by atoms with E-state index in [2.05, 4.69) is 38.7 Å². The fraction of sp³-hybridized carbons (Fsp3) is 0.0417. The van der Waals surface area contributed by atoms with Gasteiger partial charge in [0, 0.05) is 23.3 Å². The molecule has 140 valence electrons. The van der Waals surface area contributed by atoms with Gasteiger partial charge in [0.1, 0.15) is 0 Å². The number of nitrogens with zero attached hydrogens (tertiary/aromatic N) is 2. The van der Waals surface area contributed by atoms with Gasteiger partial charge >= 0.3 is 0 Å². The number of aromatic amines is 1. The van der Waals surface area contributed by atoms with Crippen LogP contribution in [0.4, 0.5) is 5.82 Å². The predicted octanol–water partition coefficient (Wildman–Crippen LogP) is 4.96. The number of hydrogen-bond acceptors (Lipinski definition) is 3. The van der Waals surface area contributed by atoms with Crippen LogP contribution in [0.25, 0.3) is 32.8 Å². The van der Waals surface area contributed by atoms with Crippen molar-refractivity contribution in [3.8, 4) is 11.1 Å². The smallest absolute Gasteiger partial charge is 0.230 e. The van der Waals surface area contributed by atoms with Crippen molar-refractivity contribution in [1.29, 1.82) is 0 Å². The Morgan fingerprint density at radius 2 is 1.79 bits per heavy atom. The first kappa shape index (κ1) is 17.1. The number of aromatic nitrogens is 3. The molecule has 1 amide bonds. The average molecular weight is 378 g/mol. The number of fused-ring (bicyclic) bond motifs is 2. The van der Waals surface area contributed by atoms with E-state index in [0.29, 0.717) is 12.2 Å². The largest absolute Gasteiger partial charge is 0.308 e. The van der Waals surface area contributed by atoms with Crippen molar-refractivity contribution in [2.45, 2.75) is 6.42 Å². The molecule has 5 rings (SSSR count). The van der Waals surface area contributed by atoms with Crippen LogP contribution in [0, 0.1) is 0 Å². The number of anilines is 1. The Hall–Kier alpha value is -3.99. The number of amides is 1. The summed E-state index contributed by atoms with van der Waals surface area (Å²) < 4.78 is 0. The fourth-order valence-electron chi connectivity index (χ4n) is 3.53. The van der Waals surface area contributed by atoms with Crippen molar-refractivity contribution >= 4 is 33.4 Å². The molecule has 29 heavy (non-hydrogen) atoms. The molecule has 0 radical (unpaired) electrons. The number of pyridine rings is 1. The Morgan fingerprint density at radius 3 is 2.66 bits per heavy atom. The number of rotatable bonds is 4. The van der Waals surface area contributed by atoms with Crippen molar-refractivity contribution in [2.24, 2.45) is 0 Å². The lowest BCUT2D eigenvalue weighted by molar-refractivity contribution is -0.115. The second kappa shape index (κ2) is 7.20. The molecule has 3 aromatic carbocycles. The minimum Gasteiger partial charge on any atom is -0.308 e. The van der Waals surface area contributed by atoms with Gasteiger partial charge in [-0.25, -0.2) is 0 Å². The van der Waals surface area contributed by atoms with E-state index in [4.69, 9.17) is 0 Å². The van der Waals surface area contributed by atoms with Gasteiger partial charge < -0.3 is 5.32 Å². The van der Waals surface area contributed by atoms with Crippen LogP contribution in [-0.2, 0) is 11.2 Å². The normalized spacial score (nSPS) is 11.0. The van der Waals surface area contributed by atoms with Crippen molar-refractivity contribution in [3.63, 3.8) is 0 Å². The summed E-state index contributed by atoms with van der Waals surface area (Å²) in [7, 11) is 0. The molecule has 0 spiro atoms. The highest BCUT2D eigenvalue weighted by atomic mass is 16.1. The van der Waals surface area contributed by atoms with Crippen LogP contribution in [0.5, 0.6) is 0 Å². The molecule has 5 nitrogen and oxygen atoms in total. The lowest BCUT2D eigenvalue weighted by Crippen LogP contribution is -2.14. The van der Waals surface area contributed by atoms with Gasteiger partial charge in [-0.15, -0.1) is 0 Å². The minimum atomic E-state index is -0.0968. The first-order valence-corrected chi connectivity index (χ1v) is 9.42. The summed E-state index contributed by atoms with van der Waals surface area (Å²) in [6.07, 6.45) is 3.86. The minimum absolute atomic E-state index is 0.0968. The number of nitrogens with one attached hydrogen (secondary N) is 2. The molecule has 0 fully saturated rings. The number of benzene rings is 3. The van der Waals surface area contributed by atoms with Crippen molar-refractivity contribution in [3.05, 3.63) is 90.8 Å². The molecule has 0 saturated heterocycles. The molecule has 2 heterocycles. The number of H-pyrrole nitrogens is 1. The van der Waals surface area contributed by atoms with E-state index in [9.17, 15) is 4.79 Å². The van der Waals surface area contributed by atoms with Crippen LogP contribution >= 0.6 is 0 Å². The molecule has 5 heteroatoms. The van der Waals surface area contributed by atoms with Crippen molar-refractivity contribution < 1.29 is 4.79 Å². The van der Waals surface area contributed by atoms with Crippen molar-refractivity contribution in [1.82, 2.24) is 15.2 Å². The highest BCUT2D eigenvalue weighted by Gasteiger charge is 2.11. The van der Waals surface area contributed by atoms with E-state index in [1.165, 1.54) is 0 Å². The predicted molar refractivity (Wildman–Crippen MR) is 116 cm³/mol. The van der Waals surface area contributed by atoms with Gasteiger partial charge in [0.05, 0.1) is 11.9 Å². The Bertz CT molecular complexity index is 1320. The van der Waals surface area contributed by atoms with Gasteiger partial charge in [0.15, 0.2) is 5.82 Å². The van der Waals surface area contributed by atoms with E-state index in [-0.39, 0.29) is 5.91 Å². The van der Waals surface area contributed by atoms with Gasteiger partial charge in [-0.05, 0) is 40.1 Å². The number of carbonyl (C=O) groups is 1.